The summed E-state index contributed by atoms with van der Waals surface area (Å²) in [7, 11) is 0. The summed E-state index contributed by atoms with van der Waals surface area (Å²) >= 11 is 0. The van der Waals surface area contributed by atoms with Crippen LogP contribution in [0.3, 0.4) is 0 Å². The molecule has 1 aliphatic rings. The molecule has 24 heavy (non-hydrogen) atoms. The zero-order valence-electron chi connectivity index (χ0n) is 13.6. The summed E-state index contributed by atoms with van der Waals surface area (Å²) in [6.07, 6.45) is 0.138. The van der Waals surface area contributed by atoms with Gasteiger partial charge in [0.2, 0.25) is 11.8 Å². The average molecular weight is 322 g/mol. The number of benzene rings is 2. The molecule has 5 heteroatoms. The highest BCUT2D eigenvalue weighted by atomic mass is 16.2. The molecule has 2 aromatic rings. The number of nitrogens with one attached hydrogen (secondary N) is 1. The Morgan fingerprint density at radius 1 is 1.08 bits per heavy atom. The highest BCUT2D eigenvalue weighted by Crippen LogP contribution is 2.21. The van der Waals surface area contributed by atoms with Crippen molar-refractivity contribution < 1.29 is 14.4 Å². The summed E-state index contributed by atoms with van der Waals surface area (Å²) in [5.41, 5.74) is 3.91. The van der Waals surface area contributed by atoms with Crippen molar-refractivity contribution in [2.45, 2.75) is 20.3 Å². The maximum atomic E-state index is 12.5. The number of hydrogen-bond acceptors (Lipinski definition) is 3. The van der Waals surface area contributed by atoms with Crippen LogP contribution in [0.15, 0.2) is 42.5 Å². The Balaban J connectivity index is 1.76. The van der Waals surface area contributed by atoms with E-state index in [1.54, 1.807) is 30.3 Å². The maximum absolute atomic E-state index is 12.5. The Kier molecular flexibility index (Phi) is 4.16. The molecule has 0 atom stereocenters. The van der Waals surface area contributed by atoms with E-state index in [1.807, 2.05) is 26.0 Å². The van der Waals surface area contributed by atoms with Gasteiger partial charge in [0, 0.05) is 11.3 Å². The minimum Gasteiger partial charge on any atom is -0.324 e. The monoisotopic (exact) mass is 322 g/mol. The van der Waals surface area contributed by atoms with Gasteiger partial charge in [-0.25, -0.2) is 0 Å². The molecule has 0 unspecified atom stereocenters. The Bertz CT molecular complexity index is 842. The van der Waals surface area contributed by atoms with E-state index in [-0.39, 0.29) is 24.8 Å². The first-order valence-electron chi connectivity index (χ1n) is 7.76. The molecule has 2 aromatic carbocycles. The van der Waals surface area contributed by atoms with Crippen LogP contribution in [0.2, 0.25) is 0 Å². The number of anilines is 1. The summed E-state index contributed by atoms with van der Waals surface area (Å²) in [5.74, 6) is -1.16. The largest absolute Gasteiger partial charge is 0.324 e. The predicted molar refractivity (Wildman–Crippen MR) is 90.7 cm³/mol. The quantitative estimate of drug-likeness (QED) is 0.883. The first kappa shape index (κ1) is 15.9. The van der Waals surface area contributed by atoms with Crippen LogP contribution in [0.4, 0.5) is 5.69 Å². The second kappa shape index (κ2) is 6.28. The number of rotatable bonds is 3. The van der Waals surface area contributed by atoms with Crippen LogP contribution in [0.5, 0.6) is 0 Å². The van der Waals surface area contributed by atoms with Gasteiger partial charge in [0.15, 0.2) is 0 Å². The minimum absolute atomic E-state index is 0.138. The fourth-order valence-electron chi connectivity index (χ4n) is 2.78. The fourth-order valence-corrected chi connectivity index (χ4v) is 2.78. The molecule has 3 amide bonds. The van der Waals surface area contributed by atoms with E-state index in [2.05, 4.69) is 5.32 Å². The third-order valence-electron chi connectivity index (χ3n) is 4.32. The zero-order valence-corrected chi connectivity index (χ0v) is 13.6. The second-order valence-electron chi connectivity index (χ2n) is 5.91. The molecular weight excluding hydrogens is 304 g/mol. The molecule has 1 N–H and O–H groups in total. The van der Waals surface area contributed by atoms with E-state index in [9.17, 15) is 14.4 Å². The van der Waals surface area contributed by atoms with Crippen LogP contribution in [0.25, 0.3) is 0 Å². The molecule has 0 aromatic heterocycles. The first-order chi connectivity index (χ1) is 11.5. The third-order valence-corrected chi connectivity index (χ3v) is 4.32. The minimum atomic E-state index is -0.419. The molecule has 0 fully saturated rings. The van der Waals surface area contributed by atoms with Crippen molar-refractivity contribution in [1.29, 1.82) is 0 Å². The number of nitrogens with zero attached hydrogens (tertiary/aromatic N) is 1. The summed E-state index contributed by atoms with van der Waals surface area (Å²) in [6.45, 7) is 3.59. The lowest BCUT2D eigenvalue weighted by Crippen LogP contribution is -2.46. The number of aryl methyl sites for hydroxylation is 1. The molecule has 0 saturated carbocycles. The van der Waals surface area contributed by atoms with Gasteiger partial charge in [-0.2, -0.15) is 0 Å². The van der Waals surface area contributed by atoms with E-state index in [0.717, 1.165) is 16.0 Å². The summed E-state index contributed by atoms with van der Waals surface area (Å²) in [6, 6.07) is 12.6. The van der Waals surface area contributed by atoms with Gasteiger partial charge in [0.05, 0.1) is 6.42 Å². The SMILES string of the molecule is Cc1cccc(NC(=O)CN2C(=O)Cc3ccccc3C2=O)c1C. The molecular formula is C19H18N2O3. The lowest BCUT2D eigenvalue weighted by molar-refractivity contribution is -0.131. The van der Waals surface area contributed by atoms with Crippen molar-refractivity contribution in [1.82, 2.24) is 4.90 Å². The predicted octanol–water partition coefficient (Wildman–Crippen LogP) is 2.47. The van der Waals surface area contributed by atoms with Gasteiger partial charge < -0.3 is 5.32 Å². The van der Waals surface area contributed by atoms with E-state index in [4.69, 9.17) is 0 Å². The Morgan fingerprint density at radius 3 is 2.62 bits per heavy atom. The van der Waals surface area contributed by atoms with Crippen molar-refractivity contribution in [2.75, 3.05) is 11.9 Å². The van der Waals surface area contributed by atoms with Crippen LogP contribution in [0.1, 0.15) is 27.0 Å². The molecule has 1 heterocycles. The van der Waals surface area contributed by atoms with Crippen LogP contribution in [-0.4, -0.2) is 29.2 Å². The smallest absolute Gasteiger partial charge is 0.261 e. The summed E-state index contributed by atoms with van der Waals surface area (Å²) in [5, 5.41) is 2.78. The van der Waals surface area contributed by atoms with Gasteiger partial charge in [-0.3, -0.25) is 19.3 Å². The van der Waals surface area contributed by atoms with Gasteiger partial charge in [-0.1, -0.05) is 30.3 Å². The molecule has 0 radical (unpaired) electrons. The third kappa shape index (κ3) is 2.93. The van der Waals surface area contributed by atoms with Crippen LogP contribution >= 0.6 is 0 Å². The number of hydrogen-bond donors (Lipinski definition) is 1. The van der Waals surface area contributed by atoms with Gasteiger partial charge in [-0.15, -0.1) is 0 Å². The highest BCUT2D eigenvalue weighted by Gasteiger charge is 2.31. The van der Waals surface area contributed by atoms with Crippen LogP contribution in [-0.2, 0) is 16.0 Å². The van der Waals surface area contributed by atoms with Gasteiger partial charge in [0.1, 0.15) is 6.54 Å². The van der Waals surface area contributed by atoms with Crippen LogP contribution in [0, 0.1) is 13.8 Å². The van der Waals surface area contributed by atoms with Crippen molar-refractivity contribution >= 4 is 23.4 Å². The number of carbonyl (C=O) groups excluding carboxylic acids is 3. The molecule has 0 bridgehead atoms. The molecule has 1 aliphatic heterocycles. The van der Waals surface area contributed by atoms with Gasteiger partial charge >= 0.3 is 0 Å². The van der Waals surface area contributed by atoms with E-state index in [1.165, 1.54) is 0 Å². The standard InChI is InChI=1S/C19H18N2O3/c1-12-6-5-9-16(13(12)2)20-17(22)11-21-18(23)10-14-7-3-4-8-15(14)19(21)24/h3-9H,10-11H2,1-2H3,(H,20,22). The second-order valence-corrected chi connectivity index (χ2v) is 5.91. The Labute approximate surface area is 140 Å². The highest BCUT2D eigenvalue weighted by molar-refractivity contribution is 6.12. The molecule has 5 nitrogen and oxygen atoms in total. The van der Waals surface area contributed by atoms with Crippen LogP contribution < -0.4 is 5.32 Å². The maximum Gasteiger partial charge on any atom is 0.261 e. The molecule has 0 saturated heterocycles. The summed E-state index contributed by atoms with van der Waals surface area (Å²) < 4.78 is 0. The van der Waals surface area contributed by atoms with Crippen molar-refractivity contribution in [3.8, 4) is 0 Å². The Hall–Kier alpha value is -2.95. The lowest BCUT2D eigenvalue weighted by atomic mass is 9.98. The van der Waals surface area contributed by atoms with E-state index in [0.29, 0.717) is 16.8 Å². The van der Waals surface area contributed by atoms with Gasteiger partial charge in [-0.05, 0) is 42.7 Å². The molecule has 122 valence electrons. The van der Waals surface area contributed by atoms with Crippen molar-refractivity contribution in [2.24, 2.45) is 0 Å². The molecule has 3 rings (SSSR count). The van der Waals surface area contributed by atoms with Gasteiger partial charge in [0.25, 0.3) is 5.91 Å². The number of carbonyl (C=O) groups is 3. The topological polar surface area (TPSA) is 66.5 Å². The van der Waals surface area contributed by atoms with Crippen molar-refractivity contribution in [3.63, 3.8) is 0 Å². The molecule has 0 spiro atoms. The number of fused-ring (bicyclic) bond motifs is 1. The Morgan fingerprint density at radius 2 is 1.83 bits per heavy atom. The van der Waals surface area contributed by atoms with E-state index < -0.39 is 5.91 Å². The zero-order chi connectivity index (χ0) is 17.3. The average Bonchev–Trinajstić information content (AvgIpc) is 2.56. The fraction of sp³-hybridized carbons (Fsp3) is 0.211. The normalized spacial score (nSPS) is 13.7. The number of imide groups is 1. The first-order valence-corrected chi connectivity index (χ1v) is 7.76. The number of amides is 3. The van der Waals surface area contributed by atoms with Crippen molar-refractivity contribution in [3.05, 3.63) is 64.7 Å². The lowest BCUT2D eigenvalue weighted by Gasteiger charge is -2.26. The summed E-state index contributed by atoms with van der Waals surface area (Å²) in [4.78, 5) is 38.0. The molecule has 0 aliphatic carbocycles. The van der Waals surface area contributed by atoms with E-state index >= 15 is 0 Å².